The van der Waals surface area contributed by atoms with Crippen LogP contribution in [0.1, 0.15) is 17.6 Å². The van der Waals surface area contributed by atoms with Crippen molar-refractivity contribution in [2.24, 2.45) is 0 Å². The topological polar surface area (TPSA) is 54.0 Å². The lowest BCUT2D eigenvalue weighted by Gasteiger charge is -2.02. The SMILES string of the molecule is CC(=O)NCCNCc1nc(C)cs1. The number of nitrogens with one attached hydrogen (secondary N) is 2. The van der Waals surface area contributed by atoms with E-state index < -0.39 is 0 Å². The summed E-state index contributed by atoms with van der Waals surface area (Å²) in [6.45, 7) is 5.72. The van der Waals surface area contributed by atoms with Gasteiger partial charge in [-0.25, -0.2) is 4.98 Å². The Kier molecular flexibility index (Phi) is 4.55. The van der Waals surface area contributed by atoms with Crippen molar-refractivity contribution < 1.29 is 4.79 Å². The van der Waals surface area contributed by atoms with Gasteiger partial charge in [-0.3, -0.25) is 4.79 Å². The molecule has 1 heterocycles. The van der Waals surface area contributed by atoms with E-state index in [2.05, 4.69) is 15.6 Å². The number of carbonyl (C=O) groups is 1. The van der Waals surface area contributed by atoms with Gasteiger partial charge in [-0.2, -0.15) is 0 Å². The zero-order valence-electron chi connectivity index (χ0n) is 8.46. The van der Waals surface area contributed by atoms with Gasteiger partial charge in [-0.1, -0.05) is 0 Å². The van der Waals surface area contributed by atoms with Gasteiger partial charge in [0.05, 0.1) is 0 Å². The van der Waals surface area contributed by atoms with E-state index in [9.17, 15) is 4.79 Å². The average Bonchev–Trinajstić information content (AvgIpc) is 2.50. The number of aryl methyl sites for hydroxylation is 1. The number of rotatable bonds is 5. The lowest BCUT2D eigenvalue weighted by atomic mass is 10.5. The maximum atomic E-state index is 10.5. The van der Waals surface area contributed by atoms with E-state index in [1.807, 2.05) is 12.3 Å². The van der Waals surface area contributed by atoms with E-state index in [4.69, 9.17) is 0 Å². The van der Waals surface area contributed by atoms with E-state index in [0.29, 0.717) is 6.54 Å². The Balaban J connectivity index is 2.07. The zero-order chi connectivity index (χ0) is 10.4. The van der Waals surface area contributed by atoms with Gasteiger partial charge >= 0.3 is 0 Å². The standard InChI is InChI=1S/C9H15N3OS/c1-7-6-14-9(12-7)5-10-3-4-11-8(2)13/h6,10H,3-5H2,1-2H3,(H,11,13). The number of carbonyl (C=O) groups excluding carboxylic acids is 1. The summed E-state index contributed by atoms with van der Waals surface area (Å²) in [6, 6.07) is 0. The Morgan fingerprint density at radius 1 is 1.57 bits per heavy atom. The summed E-state index contributed by atoms with van der Waals surface area (Å²) in [5.41, 5.74) is 1.06. The second-order valence-corrected chi connectivity index (χ2v) is 3.99. The van der Waals surface area contributed by atoms with Crippen LogP contribution < -0.4 is 10.6 Å². The lowest BCUT2D eigenvalue weighted by Crippen LogP contribution is -2.29. The Hall–Kier alpha value is -0.940. The first kappa shape index (κ1) is 11.1. The average molecular weight is 213 g/mol. The van der Waals surface area contributed by atoms with Crippen LogP contribution in [-0.4, -0.2) is 24.0 Å². The van der Waals surface area contributed by atoms with Gasteiger partial charge in [0.15, 0.2) is 0 Å². The maximum absolute atomic E-state index is 10.5. The Morgan fingerprint density at radius 2 is 2.36 bits per heavy atom. The summed E-state index contributed by atoms with van der Waals surface area (Å²) in [7, 11) is 0. The van der Waals surface area contributed by atoms with E-state index in [-0.39, 0.29) is 5.91 Å². The molecule has 5 heteroatoms. The highest BCUT2D eigenvalue weighted by Gasteiger charge is 1.97. The molecule has 0 aliphatic heterocycles. The molecule has 0 fully saturated rings. The highest BCUT2D eigenvalue weighted by atomic mass is 32.1. The fourth-order valence-corrected chi connectivity index (χ4v) is 1.75. The molecule has 0 spiro atoms. The van der Waals surface area contributed by atoms with Gasteiger partial charge < -0.3 is 10.6 Å². The fraction of sp³-hybridized carbons (Fsp3) is 0.556. The maximum Gasteiger partial charge on any atom is 0.216 e. The first-order chi connectivity index (χ1) is 6.68. The van der Waals surface area contributed by atoms with Crippen LogP contribution in [0.4, 0.5) is 0 Å². The molecule has 0 atom stereocenters. The second-order valence-electron chi connectivity index (χ2n) is 3.04. The summed E-state index contributed by atoms with van der Waals surface area (Å²) in [5.74, 6) is 0.0110. The van der Waals surface area contributed by atoms with Gasteiger partial charge in [-0.05, 0) is 6.92 Å². The minimum Gasteiger partial charge on any atom is -0.355 e. The molecule has 2 N–H and O–H groups in total. The van der Waals surface area contributed by atoms with Crippen LogP contribution in [0, 0.1) is 6.92 Å². The molecular weight excluding hydrogens is 198 g/mol. The number of hydrogen-bond acceptors (Lipinski definition) is 4. The van der Waals surface area contributed by atoms with Crippen molar-refractivity contribution >= 4 is 17.2 Å². The first-order valence-corrected chi connectivity index (χ1v) is 5.42. The van der Waals surface area contributed by atoms with Crippen LogP contribution in [0.5, 0.6) is 0 Å². The third-order valence-electron chi connectivity index (χ3n) is 1.62. The van der Waals surface area contributed by atoms with Gasteiger partial charge in [0.1, 0.15) is 5.01 Å². The largest absolute Gasteiger partial charge is 0.355 e. The van der Waals surface area contributed by atoms with Gasteiger partial charge in [0.25, 0.3) is 0 Å². The van der Waals surface area contributed by atoms with Gasteiger partial charge in [0.2, 0.25) is 5.91 Å². The van der Waals surface area contributed by atoms with Crippen molar-refractivity contribution in [3.05, 3.63) is 16.1 Å². The molecular formula is C9H15N3OS. The summed E-state index contributed by atoms with van der Waals surface area (Å²) >= 11 is 1.65. The van der Waals surface area contributed by atoms with Crippen molar-refractivity contribution in [2.45, 2.75) is 20.4 Å². The van der Waals surface area contributed by atoms with E-state index in [1.165, 1.54) is 6.92 Å². The van der Waals surface area contributed by atoms with Crippen molar-refractivity contribution in [3.8, 4) is 0 Å². The van der Waals surface area contributed by atoms with Crippen molar-refractivity contribution in [1.29, 1.82) is 0 Å². The zero-order valence-corrected chi connectivity index (χ0v) is 9.28. The number of hydrogen-bond donors (Lipinski definition) is 2. The molecule has 0 unspecified atom stereocenters. The number of amides is 1. The molecule has 14 heavy (non-hydrogen) atoms. The van der Waals surface area contributed by atoms with E-state index in [1.54, 1.807) is 11.3 Å². The number of aromatic nitrogens is 1. The van der Waals surface area contributed by atoms with Gasteiger partial charge in [0, 0.05) is 37.6 Å². The number of nitrogens with zero attached hydrogens (tertiary/aromatic N) is 1. The minimum absolute atomic E-state index is 0.0110. The molecule has 0 saturated heterocycles. The predicted octanol–water partition coefficient (Wildman–Crippen LogP) is 0.677. The van der Waals surface area contributed by atoms with Crippen LogP contribution in [0.15, 0.2) is 5.38 Å². The summed E-state index contributed by atoms with van der Waals surface area (Å²) in [6.07, 6.45) is 0. The quantitative estimate of drug-likeness (QED) is 0.707. The van der Waals surface area contributed by atoms with Crippen LogP contribution in [-0.2, 0) is 11.3 Å². The van der Waals surface area contributed by atoms with Crippen molar-refractivity contribution in [3.63, 3.8) is 0 Å². The fourth-order valence-electron chi connectivity index (χ4n) is 1.01. The highest BCUT2D eigenvalue weighted by Crippen LogP contribution is 2.07. The van der Waals surface area contributed by atoms with E-state index >= 15 is 0 Å². The molecule has 4 nitrogen and oxygen atoms in total. The molecule has 1 rings (SSSR count). The molecule has 1 amide bonds. The van der Waals surface area contributed by atoms with Crippen molar-refractivity contribution in [1.82, 2.24) is 15.6 Å². The van der Waals surface area contributed by atoms with Crippen LogP contribution in [0.3, 0.4) is 0 Å². The lowest BCUT2D eigenvalue weighted by molar-refractivity contribution is -0.118. The smallest absolute Gasteiger partial charge is 0.216 e. The molecule has 0 aliphatic rings. The van der Waals surface area contributed by atoms with Crippen LogP contribution in [0.25, 0.3) is 0 Å². The summed E-state index contributed by atoms with van der Waals surface area (Å²) in [4.78, 5) is 14.8. The minimum atomic E-state index is 0.0110. The molecule has 0 radical (unpaired) electrons. The van der Waals surface area contributed by atoms with E-state index in [0.717, 1.165) is 23.8 Å². The number of thiazole rings is 1. The third-order valence-corrected chi connectivity index (χ3v) is 2.59. The molecule has 0 aliphatic carbocycles. The van der Waals surface area contributed by atoms with Gasteiger partial charge in [-0.15, -0.1) is 11.3 Å². The second kappa shape index (κ2) is 5.72. The Labute approximate surface area is 87.7 Å². The predicted molar refractivity (Wildman–Crippen MR) is 57.2 cm³/mol. The van der Waals surface area contributed by atoms with Crippen LogP contribution in [0.2, 0.25) is 0 Å². The molecule has 78 valence electrons. The summed E-state index contributed by atoms with van der Waals surface area (Å²) in [5, 5.41) is 9.04. The molecule has 0 aromatic carbocycles. The Morgan fingerprint density at radius 3 is 2.93 bits per heavy atom. The molecule has 0 saturated carbocycles. The highest BCUT2D eigenvalue weighted by molar-refractivity contribution is 7.09. The molecule has 1 aromatic heterocycles. The Bertz CT molecular complexity index is 298. The molecule has 1 aromatic rings. The van der Waals surface area contributed by atoms with Crippen LogP contribution >= 0.6 is 11.3 Å². The van der Waals surface area contributed by atoms with Crippen molar-refractivity contribution in [2.75, 3.05) is 13.1 Å². The normalized spacial score (nSPS) is 10.1. The third kappa shape index (κ3) is 4.34. The monoisotopic (exact) mass is 213 g/mol. The summed E-state index contributed by atoms with van der Waals surface area (Å²) < 4.78 is 0. The first-order valence-electron chi connectivity index (χ1n) is 4.54. The molecule has 0 bridgehead atoms.